The van der Waals surface area contributed by atoms with Crippen LogP contribution in [0.5, 0.6) is 0 Å². The Kier molecular flexibility index (Phi) is 5.23. The number of carbonyl (C=O) groups excluding carboxylic acids is 1. The Morgan fingerprint density at radius 2 is 1.95 bits per heavy atom. The summed E-state index contributed by atoms with van der Waals surface area (Å²) in [4.78, 5) is 26.6. The Bertz CT molecular complexity index is 495. The number of nitrogens with two attached hydrogens (primary N) is 1. The van der Waals surface area contributed by atoms with Crippen LogP contribution in [0.4, 0.5) is 0 Å². The van der Waals surface area contributed by atoms with Gasteiger partial charge in [0.1, 0.15) is 0 Å². The van der Waals surface area contributed by atoms with E-state index in [1.165, 1.54) is 0 Å². The van der Waals surface area contributed by atoms with E-state index in [0.717, 1.165) is 0 Å². The molecule has 1 aromatic rings. The first kappa shape index (κ1) is 15.4. The van der Waals surface area contributed by atoms with Crippen LogP contribution in [-0.4, -0.2) is 81.0 Å². The Morgan fingerprint density at radius 3 is 2.57 bits per heavy atom. The number of rotatable bonds is 6. The van der Waals surface area contributed by atoms with E-state index >= 15 is 0 Å². The minimum absolute atomic E-state index is 0.126. The van der Waals surface area contributed by atoms with Crippen LogP contribution in [0.3, 0.4) is 0 Å². The lowest BCUT2D eigenvalue weighted by molar-refractivity contribution is -0.137. The monoisotopic (exact) mass is 296 g/mol. The number of hydrogen-bond donors (Lipinski definition) is 2. The number of nitrogens with zero attached hydrogens (tertiary/aromatic N) is 5. The molecule has 116 valence electrons. The highest BCUT2D eigenvalue weighted by Crippen LogP contribution is 2.07. The van der Waals surface area contributed by atoms with Crippen LogP contribution in [0.15, 0.2) is 6.20 Å². The highest BCUT2D eigenvalue weighted by molar-refractivity contribution is 5.92. The van der Waals surface area contributed by atoms with Gasteiger partial charge in [0.05, 0.1) is 19.2 Å². The normalized spacial score (nSPS) is 16.1. The summed E-state index contributed by atoms with van der Waals surface area (Å²) < 4.78 is 1.55. The minimum Gasteiger partial charge on any atom is -0.481 e. The van der Waals surface area contributed by atoms with Gasteiger partial charge in [-0.15, -0.1) is 5.10 Å². The molecule has 9 nitrogen and oxygen atoms in total. The van der Waals surface area contributed by atoms with Crippen LogP contribution in [-0.2, 0) is 11.3 Å². The summed E-state index contributed by atoms with van der Waals surface area (Å²) in [5.41, 5.74) is 5.74. The molecule has 2 heterocycles. The second-order valence-electron chi connectivity index (χ2n) is 4.93. The predicted octanol–water partition coefficient (Wildman–Crippen LogP) is -1.53. The second kappa shape index (κ2) is 7.14. The number of carboxylic acid groups (broad SMARTS) is 1. The fourth-order valence-electron chi connectivity index (χ4n) is 2.23. The summed E-state index contributed by atoms with van der Waals surface area (Å²) in [6.07, 6.45) is 1.73. The third kappa shape index (κ3) is 4.23. The van der Waals surface area contributed by atoms with Crippen molar-refractivity contribution in [3.63, 3.8) is 0 Å². The zero-order valence-corrected chi connectivity index (χ0v) is 11.8. The van der Waals surface area contributed by atoms with Crippen molar-refractivity contribution >= 4 is 11.9 Å². The van der Waals surface area contributed by atoms with E-state index in [1.807, 2.05) is 4.90 Å². The highest BCUT2D eigenvalue weighted by Gasteiger charge is 2.24. The van der Waals surface area contributed by atoms with E-state index < -0.39 is 5.97 Å². The molecule has 0 aliphatic carbocycles. The van der Waals surface area contributed by atoms with Gasteiger partial charge in [-0.2, -0.15) is 0 Å². The Morgan fingerprint density at radius 1 is 1.24 bits per heavy atom. The van der Waals surface area contributed by atoms with E-state index in [4.69, 9.17) is 10.8 Å². The molecule has 2 rings (SSSR count). The van der Waals surface area contributed by atoms with E-state index in [2.05, 4.69) is 10.3 Å². The molecule has 1 saturated heterocycles. The number of piperazine rings is 1. The number of amides is 1. The molecule has 1 aliphatic heterocycles. The fraction of sp³-hybridized carbons (Fsp3) is 0.667. The van der Waals surface area contributed by atoms with Crippen molar-refractivity contribution in [3.05, 3.63) is 11.9 Å². The molecule has 0 saturated carbocycles. The van der Waals surface area contributed by atoms with Gasteiger partial charge in [-0.3, -0.25) is 19.2 Å². The highest BCUT2D eigenvalue weighted by atomic mass is 16.4. The van der Waals surface area contributed by atoms with Crippen molar-refractivity contribution in [1.82, 2.24) is 24.8 Å². The number of aliphatic carboxylic acids is 1. The van der Waals surface area contributed by atoms with Gasteiger partial charge in [0, 0.05) is 39.3 Å². The molecular formula is C12H20N6O3. The smallest absolute Gasteiger partial charge is 0.304 e. The third-order valence-corrected chi connectivity index (χ3v) is 3.42. The maximum absolute atomic E-state index is 12.3. The SMILES string of the molecule is NCCn1cc(C(=O)N2CCN(CCC(=O)O)CC2)nn1. The number of aromatic nitrogens is 3. The van der Waals surface area contributed by atoms with Crippen LogP contribution in [0, 0.1) is 0 Å². The quantitative estimate of drug-likeness (QED) is 0.654. The molecule has 0 radical (unpaired) electrons. The molecule has 0 spiro atoms. The van der Waals surface area contributed by atoms with Gasteiger partial charge >= 0.3 is 5.97 Å². The first-order chi connectivity index (χ1) is 10.1. The average Bonchev–Trinajstić information content (AvgIpc) is 2.94. The molecule has 0 unspecified atom stereocenters. The van der Waals surface area contributed by atoms with Crippen molar-refractivity contribution in [2.45, 2.75) is 13.0 Å². The maximum atomic E-state index is 12.3. The lowest BCUT2D eigenvalue weighted by atomic mass is 10.2. The van der Waals surface area contributed by atoms with Crippen molar-refractivity contribution in [1.29, 1.82) is 0 Å². The van der Waals surface area contributed by atoms with Crippen molar-refractivity contribution in [2.75, 3.05) is 39.3 Å². The summed E-state index contributed by atoms with van der Waals surface area (Å²) in [7, 11) is 0. The third-order valence-electron chi connectivity index (χ3n) is 3.42. The first-order valence-corrected chi connectivity index (χ1v) is 6.94. The summed E-state index contributed by atoms with van der Waals surface area (Å²) in [6, 6.07) is 0. The van der Waals surface area contributed by atoms with Crippen LogP contribution in [0.2, 0.25) is 0 Å². The van der Waals surface area contributed by atoms with Crippen LogP contribution >= 0.6 is 0 Å². The van der Waals surface area contributed by atoms with Crippen LogP contribution in [0.1, 0.15) is 16.9 Å². The molecule has 9 heteroatoms. The molecular weight excluding hydrogens is 276 g/mol. The lowest BCUT2D eigenvalue weighted by Gasteiger charge is -2.34. The lowest BCUT2D eigenvalue weighted by Crippen LogP contribution is -2.49. The molecule has 1 aliphatic rings. The first-order valence-electron chi connectivity index (χ1n) is 6.94. The van der Waals surface area contributed by atoms with E-state index in [9.17, 15) is 9.59 Å². The van der Waals surface area contributed by atoms with Crippen LogP contribution in [0.25, 0.3) is 0 Å². The van der Waals surface area contributed by atoms with Crippen molar-refractivity contribution in [3.8, 4) is 0 Å². The summed E-state index contributed by atoms with van der Waals surface area (Å²) in [5.74, 6) is -0.943. The summed E-state index contributed by atoms with van der Waals surface area (Å²) in [6.45, 7) is 3.99. The predicted molar refractivity (Wildman–Crippen MR) is 73.7 cm³/mol. The Balaban J connectivity index is 1.83. The average molecular weight is 296 g/mol. The summed E-state index contributed by atoms with van der Waals surface area (Å²) >= 11 is 0. The van der Waals surface area contributed by atoms with Gasteiger partial charge in [-0.25, -0.2) is 0 Å². The van der Waals surface area contributed by atoms with E-state index in [-0.39, 0.29) is 12.3 Å². The number of carbonyl (C=O) groups is 2. The van der Waals surface area contributed by atoms with Gasteiger partial charge in [0.2, 0.25) is 0 Å². The topological polar surface area (TPSA) is 118 Å². The minimum atomic E-state index is -0.801. The number of hydrogen-bond acceptors (Lipinski definition) is 6. The zero-order valence-electron chi connectivity index (χ0n) is 11.8. The Labute approximate surface area is 122 Å². The van der Waals surface area contributed by atoms with Gasteiger partial charge in [0.25, 0.3) is 5.91 Å². The van der Waals surface area contributed by atoms with E-state index in [0.29, 0.717) is 51.5 Å². The molecule has 0 atom stereocenters. The molecule has 1 fully saturated rings. The standard InChI is InChI=1S/C12H20N6O3/c13-2-4-18-9-10(14-15-18)12(21)17-7-5-16(6-8-17)3-1-11(19)20/h9H,1-8,13H2,(H,19,20). The zero-order chi connectivity index (χ0) is 15.2. The maximum Gasteiger partial charge on any atom is 0.304 e. The second-order valence-corrected chi connectivity index (χ2v) is 4.93. The summed E-state index contributed by atoms with van der Waals surface area (Å²) in [5, 5.41) is 16.4. The van der Waals surface area contributed by atoms with Gasteiger partial charge in [-0.05, 0) is 0 Å². The van der Waals surface area contributed by atoms with Crippen molar-refractivity contribution in [2.24, 2.45) is 5.73 Å². The molecule has 1 amide bonds. The largest absolute Gasteiger partial charge is 0.481 e. The van der Waals surface area contributed by atoms with Gasteiger partial charge < -0.3 is 15.7 Å². The molecule has 21 heavy (non-hydrogen) atoms. The van der Waals surface area contributed by atoms with Gasteiger partial charge in [-0.1, -0.05) is 5.21 Å². The molecule has 1 aromatic heterocycles. The molecule has 0 bridgehead atoms. The van der Waals surface area contributed by atoms with Crippen molar-refractivity contribution < 1.29 is 14.7 Å². The molecule has 3 N–H and O–H groups in total. The molecule has 0 aromatic carbocycles. The number of carboxylic acids is 1. The van der Waals surface area contributed by atoms with E-state index in [1.54, 1.807) is 15.8 Å². The Hall–Kier alpha value is -2.00. The fourth-order valence-corrected chi connectivity index (χ4v) is 2.23. The van der Waals surface area contributed by atoms with Gasteiger partial charge in [0.15, 0.2) is 5.69 Å². The van der Waals surface area contributed by atoms with Crippen LogP contribution < -0.4 is 5.73 Å².